The summed E-state index contributed by atoms with van der Waals surface area (Å²) in [5.41, 5.74) is 1.11. The molecular weight excluding hydrogens is 270 g/mol. The van der Waals surface area contributed by atoms with Crippen LogP contribution < -0.4 is 10.6 Å². The van der Waals surface area contributed by atoms with Crippen molar-refractivity contribution < 1.29 is 9.53 Å². The number of nitrogens with one attached hydrogen (secondary N) is 3. The highest BCUT2D eigenvalue weighted by molar-refractivity contribution is 6.07. The normalized spacial score (nSPS) is 18.6. The molecule has 112 valence electrons. The van der Waals surface area contributed by atoms with Crippen LogP contribution in [0.1, 0.15) is 30.1 Å². The SMILES string of the molecule is CCOC(=O)c1c[nH]c2ncnc(NC3CCCNC3)c12. The summed E-state index contributed by atoms with van der Waals surface area (Å²) in [6.07, 6.45) is 5.33. The Bertz CT molecular complexity index is 633. The number of piperidine rings is 1. The quantitative estimate of drug-likeness (QED) is 0.735. The fourth-order valence-corrected chi connectivity index (χ4v) is 2.61. The zero-order valence-corrected chi connectivity index (χ0v) is 12.0. The summed E-state index contributed by atoms with van der Waals surface area (Å²) < 4.78 is 5.08. The van der Waals surface area contributed by atoms with Crippen molar-refractivity contribution in [3.8, 4) is 0 Å². The number of H-pyrrole nitrogens is 1. The van der Waals surface area contributed by atoms with Gasteiger partial charge in [-0.2, -0.15) is 0 Å². The highest BCUT2D eigenvalue weighted by Crippen LogP contribution is 2.25. The second-order valence-electron chi connectivity index (χ2n) is 5.06. The maximum atomic E-state index is 12.0. The fraction of sp³-hybridized carbons (Fsp3) is 0.500. The molecular formula is C14H19N5O2. The summed E-state index contributed by atoms with van der Waals surface area (Å²) in [6.45, 7) is 4.07. The average Bonchev–Trinajstić information content (AvgIpc) is 2.94. The van der Waals surface area contributed by atoms with Crippen LogP contribution in [-0.4, -0.2) is 46.7 Å². The zero-order valence-electron chi connectivity index (χ0n) is 12.0. The molecule has 1 unspecified atom stereocenters. The third-order valence-corrected chi connectivity index (χ3v) is 3.60. The minimum Gasteiger partial charge on any atom is -0.462 e. The van der Waals surface area contributed by atoms with Crippen LogP contribution in [0.5, 0.6) is 0 Å². The van der Waals surface area contributed by atoms with E-state index in [0.29, 0.717) is 35.1 Å². The van der Waals surface area contributed by atoms with Crippen LogP contribution in [0.3, 0.4) is 0 Å². The molecule has 1 saturated heterocycles. The number of hydrogen-bond acceptors (Lipinski definition) is 6. The number of carbonyl (C=O) groups excluding carboxylic acids is 1. The lowest BCUT2D eigenvalue weighted by atomic mass is 10.1. The first-order chi connectivity index (χ1) is 10.3. The summed E-state index contributed by atoms with van der Waals surface area (Å²) in [4.78, 5) is 23.5. The van der Waals surface area contributed by atoms with Gasteiger partial charge in [-0.05, 0) is 26.3 Å². The Morgan fingerprint density at radius 1 is 1.52 bits per heavy atom. The molecule has 0 radical (unpaired) electrons. The Hall–Kier alpha value is -2.15. The largest absolute Gasteiger partial charge is 0.462 e. The molecule has 3 heterocycles. The van der Waals surface area contributed by atoms with Gasteiger partial charge in [0.1, 0.15) is 17.8 Å². The summed E-state index contributed by atoms with van der Waals surface area (Å²) in [7, 11) is 0. The van der Waals surface area contributed by atoms with E-state index < -0.39 is 0 Å². The number of aromatic nitrogens is 3. The molecule has 1 atom stereocenters. The van der Waals surface area contributed by atoms with Gasteiger partial charge < -0.3 is 20.4 Å². The van der Waals surface area contributed by atoms with E-state index in [1.807, 2.05) is 0 Å². The molecule has 2 aromatic rings. The summed E-state index contributed by atoms with van der Waals surface area (Å²) in [6, 6.07) is 0.307. The van der Waals surface area contributed by atoms with E-state index in [9.17, 15) is 4.79 Å². The number of ether oxygens (including phenoxy) is 1. The standard InChI is InChI=1S/C14H19N5O2/c1-2-21-14(20)10-7-16-12-11(10)13(18-8-17-12)19-9-4-3-5-15-6-9/h7-9,15H,2-6H2,1H3,(H2,16,17,18,19). The Morgan fingerprint density at radius 2 is 2.43 bits per heavy atom. The van der Waals surface area contributed by atoms with Gasteiger partial charge >= 0.3 is 5.97 Å². The Kier molecular flexibility index (Phi) is 4.01. The minimum absolute atomic E-state index is 0.307. The van der Waals surface area contributed by atoms with Gasteiger partial charge in [-0.25, -0.2) is 14.8 Å². The first-order valence-electron chi connectivity index (χ1n) is 7.26. The third-order valence-electron chi connectivity index (χ3n) is 3.60. The molecule has 0 aliphatic carbocycles. The number of nitrogens with zero attached hydrogens (tertiary/aromatic N) is 2. The molecule has 0 aromatic carbocycles. The molecule has 0 amide bonds. The van der Waals surface area contributed by atoms with Crippen molar-refractivity contribution in [3.63, 3.8) is 0 Å². The third kappa shape index (κ3) is 2.82. The molecule has 21 heavy (non-hydrogen) atoms. The van der Waals surface area contributed by atoms with Gasteiger partial charge in [-0.1, -0.05) is 0 Å². The minimum atomic E-state index is -0.358. The Labute approximate surface area is 122 Å². The van der Waals surface area contributed by atoms with Gasteiger partial charge in [0.15, 0.2) is 0 Å². The average molecular weight is 289 g/mol. The molecule has 3 N–H and O–H groups in total. The van der Waals surface area contributed by atoms with Crippen LogP contribution in [0.2, 0.25) is 0 Å². The molecule has 3 rings (SSSR count). The van der Waals surface area contributed by atoms with E-state index in [1.54, 1.807) is 13.1 Å². The van der Waals surface area contributed by atoms with Crippen molar-refractivity contribution in [2.24, 2.45) is 0 Å². The van der Waals surface area contributed by atoms with Gasteiger partial charge in [-0.3, -0.25) is 0 Å². The number of aromatic amines is 1. The van der Waals surface area contributed by atoms with Crippen molar-refractivity contribution in [3.05, 3.63) is 18.1 Å². The molecule has 1 fully saturated rings. The zero-order chi connectivity index (χ0) is 14.7. The molecule has 7 nitrogen and oxygen atoms in total. The van der Waals surface area contributed by atoms with Crippen LogP contribution in [0.25, 0.3) is 11.0 Å². The van der Waals surface area contributed by atoms with Crippen LogP contribution in [0.15, 0.2) is 12.5 Å². The lowest BCUT2D eigenvalue weighted by Crippen LogP contribution is -2.38. The maximum absolute atomic E-state index is 12.0. The van der Waals surface area contributed by atoms with Crippen molar-refractivity contribution in [1.29, 1.82) is 0 Å². The number of esters is 1. The molecule has 0 bridgehead atoms. The highest BCUT2D eigenvalue weighted by Gasteiger charge is 2.20. The number of hydrogen-bond donors (Lipinski definition) is 3. The Balaban J connectivity index is 1.93. The molecule has 1 aliphatic heterocycles. The maximum Gasteiger partial charge on any atom is 0.340 e. The van der Waals surface area contributed by atoms with Gasteiger partial charge in [0.05, 0.1) is 17.6 Å². The van der Waals surface area contributed by atoms with Gasteiger partial charge in [0.2, 0.25) is 0 Å². The number of carbonyl (C=O) groups is 1. The molecule has 0 spiro atoms. The number of anilines is 1. The van der Waals surface area contributed by atoms with Gasteiger partial charge in [-0.15, -0.1) is 0 Å². The van der Waals surface area contributed by atoms with Crippen LogP contribution in [-0.2, 0) is 4.74 Å². The van der Waals surface area contributed by atoms with Crippen LogP contribution >= 0.6 is 0 Å². The predicted octanol–water partition coefficient (Wildman–Crippen LogP) is 1.30. The number of fused-ring (bicyclic) bond motifs is 1. The monoisotopic (exact) mass is 289 g/mol. The first kappa shape index (κ1) is 13.8. The Morgan fingerprint density at radius 3 is 3.19 bits per heavy atom. The van der Waals surface area contributed by atoms with Crippen molar-refractivity contribution in [1.82, 2.24) is 20.3 Å². The molecule has 0 saturated carbocycles. The molecule has 7 heteroatoms. The smallest absolute Gasteiger partial charge is 0.340 e. The second kappa shape index (κ2) is 6.09. The molecule has 2 aromatic heterocycles. The summed E-state index contributed by atoms with van der Waals surface area (Å²) in [5, 5.41) is 7.45. The van der Waals surface area contributed by atoms with Gasteiger partial charge in [0.25, 0.3) is 0 Å². The van der Waals surface area contributed by atoms with E-state index in [-0.39, 0.29) is 5.97 Å². The van der Waals surface area contributed by atoms with Crippen molar-refractivity contribution in [2.75, 3.05) is 25.0 Å². The van der Waals surface area contributed by atoms with Crippen LogP contribution in [0.4, 0.5) is 5.82 Å². The second-order valence-corrected chi connectivity index (χ2v) is 5.06. The fourth-order valence-electron chi connectivity index (χ4n) is 2.61. The molecule has 1 aliphatic rings. The highest BCUT2D eigenvalue weighted by atomic mass is 16.5. The van der Waals surface area contributed by atoms with E-state index in [2.05, 4.69) is 25.6 Å². The predicted molar refractivity (Wildman–Crippen MR) is 79.4 cm³/mol. The van der Waals surface area contributed by atoms with E-state index in [1.165, 1.54) is 6.33 Å². The lowest BCUT2D eigenvalue weighted by molar-refractivity contribution is 0.0528. The van der Waals surface area contributed by atoms with Crippen molar-refractivity contribution in [2.45, 2.75) is 25.8 Å². The first-order valence-corrected chi connectivity index (χ1v) is 7.26. The van der Waals surface area contributed by atoms with E-state index in [4.69, 9.17) is 4.74 Å². The summed E-state index contributed by atoms with van der Waals surface area (Å²) in [5.74, 6) is 0.321. The van der Waals surface area contributed by atoms with Crippen molar-refractivity contribution >= 4 is 22.8 Å². The lowest BCUT2D eigenvalue weighted by Gasteiger charge is -2.24. The van der Waals surface area contributed by atoms with Crippen LogP contribution in [0, 0.1) is 0 Å². The number of rotatable bonds is 4. The topological polar surface area (TPSA) is 91.9 Å². The van der Waals surface area contributed by atoms with E-state index in [0.717, 1.165) is 25.9 Å². The van der Waals surface area contributed by atoms with E-state index >= 15 is 0 Å². The summed E-state index contributed by atoms with van der Waals surface area (Å²) >= 11 is 0. The van der Waals surface area contributed by atoms with Gasteiger partial charge in [0, 0.05) is 18.8 Å².